The van der Waals surface area contributed by atoms with Crippen molar-refractivity contribution in [2.75, 3.05) is 0 Å². The molecular formula is C12H18ClF. The van der Waals surface area contributed by atoms with Crippen molar-refractivity contribution in [3.8, 4) is 0 Å². The Morgan fingerprint density at radius 2 is 1.64 bits per heavy atom. The van der Waals surface area contributed by atoms with Crippen LogP contribution in [-0.2, 0) is 5.41 Å². The molecule has 1 aromatic carbocycles. The highest BCUT2D eigenvalue weighted by Gasteiger charge is 2.17. The molecule has 14 heavy (non-hydrogen) atoms. The van der Waals surface area contributed by atoms with Gasteiger partial charge in [-0.1, -0.05) is 52.3 Å². The summed E-state index contributed by atoms with van der Waals surface area (Å²) in [7, 11) is 0. The Kier molecular flexibility index (Phi) is 5.14. The summed E-state index contributed by atoms with van der Waals surface area (Å²) in [5.74, 6) is -0.227. The van der Waals surface area contributed by atoms with Crippen LogP contribution in [-0.4, -0.2) is 0 Å². The van der Waals surface area contributed by atoms with Gasteiger partial charge in [0.15, 0.2) is 0 Å². The van der Waals surface area contributed by atoms with Crippen molar-refractivity contribution in [2.24, 2.45) is 0 Å². The molecule has 0 spiro atoms. The minimum absolute atomic E-state index is 0.158. The zero-order valence-corrected chi connectivity index (χ0v) is 10.2. The maximum atomic E-state index is 13.3. The Labute approximate surface area is 91.1 Å². The van der Waals surface area contributed by atoms with Crippen molar-refractivity contribution in [1.82, 2.24) is 0 Å². The molecule has 0 radical (unpaired) electrons. The first-order valence-electron chi connectivity index (χ1n) is 4.87. The van der Waals surface area contributed by atoms with E-state index in [9.17, 15) is 4.39 Å². The summed E-state index contributed by atoms with van der Waals surface area (Å²) in [6, 6.07) is 4.80. The first-order valence-corrected chi connectivity index (χ1v) is 5.24. The average Bonchev–Trinajstić information content (AvgIpc) is 2.05. The van der Waals surface area contributed by atoms with Gasteiger partial charge in [0.1, 0.15) is 5.82 Å². The Morgan fingerprint density at radius 1 is 1.14 bits per heavy atom. The summed E-state index contributed by atoms with van der Waals surface area (Å²) in [6.07, 6.45) is 0. The molecular weight excluding hydrogens is 199 g/mol. The van der Waals surface area contributed by atoms with Gasteiger partial charge in [-0.2, -0.15) is 0 Å². The molecule has 1 rings (SSSR count). The minimum Gasteiger partial charge on any atom is -0.207 e. The quantitative estimate of drug-likeness (QED) is 0.584. The van der Waals surface area contributed by atoms with Crippen molar-refractivity contribution in [3.63, 3.8) is 0 Å². The van der Waals surface area contributed by atoms with Gasteiger partial charge in [0.05, 0.1) is 0 Å². The van der Waals surface area contributed by atoms with Crippen LogP contribution >= 0.6 is 11.6 Å². The highest BCUT2D eigenvalue weighted by atomic mass is 35.5. The lowest BCUT2D eigenvalue weighted by Gasteiger charge is -2.19. The lowest BCUT2D eigenvalue weighted by molar-refractivity contribution is 0.523. The van der Waals surface area contributed by atoms with Crippen molar-refractivity contribution in [3.05, 3.63) is 34.6 Å². The summed E-state index contributed by atoms with van der Waals surface area (Å²) >= 11 is 5.63. The van der Waals surface area contributed by atoms with Gasteiger partial charge < -0.3 is 0 Å². The fourth-order valence-electron chi connectivity index (χ4n) is 1.10. The lowest BCUT2D eigenvalue weighted by Crippen LogP contribution is -2.13. The van der Waals surface area contributed by atoms with E-state index in [0.29, 0.717) is 10.6 Å². The highest BCUT2D eigenvalue weighted by Crippen LogP contribution is 2.26. The zero-order chi connectivity index (χ0) is 11.4. The summed E-state index contributed by atoms with van der Waals surface area (Å²) < 4.78 is 13.3. The molecule has 0 nitrogen and oxygen atoms in total. The Morgan fingerprint density at radius 3 is 2.00 bits per heavy atom. The molecule has 0 aromatic heterocycles. The third kappa shape index (κ3) is 3.67. The largest absolute Gasteiger partial charge is 0.207 e. The normalized spacial score (nSPS) is 10.5. The van der Waals surface area contributed by atoms with E-state index in [4.69, 9.17) is 11.6 Å². The summed E-state index contributed by atoms with van der Waals surface area (Å²) in [5, 5.41) is 0.445. The minimum atomic E-state index is -0.227. The smallest absolute Gasteiger partial charge is 0.128 e. The first-order chi connectivity index (χ1) is 6.41. The molecule has 0 N–H and O–H groups in total. The maximum absolute atomic E-state index is 13.3. The number of hydrogen-bond donors (Lipinski definition) is 0. The Balaban J connectivity index is 0.000000791. The van der Waals surface area contributed by atoms with Crippen LogP contribution in [0.2, 0.25) is 5.02 Å². The monoisotopic (exact) mass is 216 g/mol. The van der Waals surface area contributed by atoms with E-state index < -0.39 is 0 Å². The van der Waals surface area contributed by atoms with Crippen LogP contribution in [0.3, 0.4) is 0 Å². The molecule has 1 aromatic rings. The van der Waals surface area contributed by atoms with Crippen LogP contribution < -0.4 is 0 Å². The molecule has 0 bridgehead atoms. The van der Waals surface area contributed by atoms with E-state index in [-0.39, 0.29) is 11.2 Å². The summed E-state index contributed by atoms with van der Waals surface area (Å²) in [4.78, 5) is 0. The number of halogens is 2. The summed E-state index contributed by atoms with van der Waals surface area (Å²) in [5.41, 5.74) is 0.543. The molecule has 0 aliphatic heterocycles. The van der Waals surface area contributed by atoms with Crippen LogP contribution in [0.25, 0.3) is 0 Å². The standard InChI is InChI=1S/C10H12ClF.C2H6/c1-10(2,3)8-5-4-7(11)6-9(8)12;1-2/h4-6H,1-3H3;1-2H3. The molecule has 0 amide bonds. The van der Waals surface area contributed by atoms with Gasteiger partial charge >= 0.3 is 0 Å². The van der Waals surface area contributed by atoms with Crippen molar-refractivity contribution < 1.29 is 4.39 Å². The second kappa shape index (κ2) is 5.35. The SMILES string of the molecule is CC.CC(C)(C)c1ccc(Cl)cc1F. The van der Waals surface area contributed by atoms with Crippen LogP contribution in [0.15, 0.2) is 18.2 Å². The van der Waals surface area contributed by atoms with Gasteiger partial charge in [-0.05, 0) is 23.1 Å². The third-order valence-electron chi connectivity index (χ3n) is 1.74. The molecule has 80 valence electrons. The lowest BCUT2D eigenvalue weighted by atomic mass is 9.87. The second-order valence-electron chi connectivity index (χ2n) is 3.87. The number of rotatable bonds is 0. The highest BCUT2D eigenvalue weighted by molar-refractivity contribution is 6.30. The second-order valence-corrected chi connectivity index (χ2v) is 4.31. The maximum Gasteiger partial charge on any atom is 0.128 e. The molecule has 0 unspecified atom stereocenters. The van der Waals surface area contributed by atoms with Crippen molar-refractivity contribution >= 4 is 11.6 Å². The van der Waals surface area contributed by atoms with E-state index in [2.05, 4.69) is 0 Å². The molecule has 0 aliphatic carbocycles. The zero-order valence-electron chi connectivity index (χ0n) is 9.49. The van der Waals surface area contributed by atoms with E-state index in [0.717, 1.165) is 0 Å². The molecule has 0 fully saturated rings. The topological polar surface area (TPSA) is 0 Å². The van der Waals surface area contributed by atoms with Gasteiger partial charge in [-0.25, -0.2) is 4.39 Å². The Hall–Kier alpha value is -0.560. The number of benzene rings is 1. The average molecular weight is 217 g/mol. The van der Waals surface area contributed by atoms with Crippen LogP contribution in [0, 0.1) is 5.82 Å². The molecule has 0 saturated carbocycles. The van der Waals surface area contributed by atoms with Gasteiger partial charge in [0.25, 0.3) is 0 Å². The first kappa shape index (κ1) is 13.4. The molecule has 0 saturated heterocycles. The van der Waals surface area contributed by atoms with Crippen LogP contribution in [0.1, 0.15) is 40.2 Å². The fraction of sp³-hybridized carbons (Fsp3) is 0.500. The molecule has 0 atom stereocenters. The van der Waals surface area contributed by atoms with E-state index in [1.807, 2.05) is 34.6 Å². The van der Waals surface area contributed by atoms with E-state index in [1.165, 1.54) is 6.07 Å². The predicted octanol–water partition coefficient (Wildman–Crippen LogP) is 4.80. The van der Waals surface area contributed by atoms with Gasteiger partial charge in [0, 0.05) is 5.02 Å². The van der Waals surface area contributed by atoms with Crippen LogP contribution in [0.5, 0.6) is 0 Å². The Bertz CT molecular complexity index is 287. The van der Waals surface area contributed by atoms with Crippen LogP contribution in [0.4, 0.5) is 4.39 Å². The predicted molar refractivity (Wildman–Crippen MR) is 61.5 cm³/mol. The third-order valence-corrected chi connectivity index (χ3v) is 1.97. The van der Waals surface area contributed by atoms with E-state index in [1.54, 1.807) is 12.1 Å². The molecule has 0 aliphatic rings. The van der Waals surface area contributed by atoms with Gasteiger partial charge in [-0.15, -0.1) is 0 Å². The molecule has 2 heteroatoms. The fourth-order valence-corrected chi connectivity index (χ4v) is 1.26. The number of hydrogen-bond acceptors (Lipinski definition) is 0. The van der Waals surface area contributed by atoms with Crippen molar-refractivity contribution in [2.45, 2.75) is 40.0 Å². The summed E-state index contributed by atoms with van der Waals surface area (Å²) in [6.45, 7) is 9.91. The van der Waals surface area contributed by atoms with E-state index >= 15 is 0 Å². The van der Waals surface area contributed by atoms with Gasteiger partial charge in [0.2, 0.25) is 0 Å². The van der Waals surface area contributed by atoms with Crippen molar-refractivity contribution in [1.29, 1.82) is 0 Å². The van der Waals surface area contributed by atoms with Gasteiger partial charge in [-0.3, -0.25) is 0 Å². The molecule has 0 heterocycles.